The topological polar surface area (TPSA) is 62.7 Å². The van der Waals surface area contributed by atoms with E-state index in [0.29, 0.717) is 11.3 Å². The third-order valence-electron chi connectivity index (χ3n) is 2.67. The van der Waals surface area contributed by atoms with Crippen molar-refractivity contribution in [3.63, 3.8) is 0 Å². The average molecular weight is 326 g/mol. The van der Waals surface area contributed by atoms with Crippen LogP contribution in [0.3, 0.4) is 0 Å². The molecule has 3 rings (SSSR count). The molecule has 0 aliphatic carbocycles. The molecule has 1 aromatic heterocycles. The highest BCUT2D eigenvalue weighted by Crippen LogP contribution is 2.21. The number of anilines is 1. The number of nitrogens with zero attached hydrogens (tertiary/aromatic N) is 2. The Kier molecular flexibility index (Phi) is 4.70. The van der Waals surface area contributed by atoms with Gasteiger partial charge in [-0.25, -0.2) is 0 Å². The van der Waals surface area contributed by atoms with Gasteiger partial charge in [-0.1, -0.05) is 52.3 Å². The van der Waals surface area contributed by atoms with Crippen LogP contribution in [0.1, 0.15) is 5.56 Å². The van der Waals surface area contributed by atoms with Crippen molar-refractivity contribution in [1.29, 1.82) is 5.26 Å². The number of fused-ring (bicyclic) bond motifs is 1. The molecule has 20 heavy (non-hydrogen) atoms. The molecule has 3 aromatic rings. The van der Waals surface area contributed by atoms with Crippen molar-refractivity contribution in [1.82, 2.24) is 4.98 Å². The van der Waals surface area contributed by atoms with Crippen molar-refractivity contribution in [2.75, 3.05) is 5.73 Å². The van der Waals surface area contributed by atoms with Crippen LogP contribution >= 0.6 is 15.9 Å². The highest BCUT2D eigenvalue weighted by atomic mass is 79.9. The average Bonchev–Trinajstić information content (AvgIpc) is 2.49. The monoisotopic (exact) mass is 325 g/mol. The molecule has 0 radical (unpaired) electrons. The zero-order chi connectivity index (χ0) is 14.4. The summed E-state index contributed by atoms with van der Waals surface area (Å²) < 4.78 is 1.13. The first-order valence-electron chi connectivity index (χ1n) is 5.96. The van der Waals surface area contributed by atoms with Crippen LogP contribution in [0.4, 0.5) is 5.69 Å². The molecule has 3 nitrogen and oxygen atoms in total. The summed E-state index contributed by atoms with van der Waals surface area (Å²) in [7, 11) is 0. The van der Waals surface area contributed by atoms with Crippen molar-refractivity contribution < 1.29 is 0 Å². The minimum absolute atomic E-state index is 0.429. The minimum Gasteiger partial charge on any atom is -0.397 e. The maximum absolute atomic E-state index is 8.71. The van der Waals surface area contributed by atoms with E-state index in [1.165, 1.54) is 6.20 Å². The van der Waals surface area contributed by atoms with E-state index in [9.17, 15) is 0 Å². The van der Waals surface area contributed by atoms with E-state index in [1.54, 1.807) is 0 Å². The van der Waals surface area contributed by atoms with Crippen molar-refractivity contribution >= 4 is 32.5 Å². The number of halogens is 1. The van der Waals surface area contributed by atoms with E-state index in [1.807, 2.05) is 60.7 Å². The van der Waals surface area contributed by atoms with Crippen LogP contribution in [-0.2, 0) is 0 Å². The molecule has 2 N–H and O–H groups in total. The molecule has 0 amide bonds. The summed E-state index contributed by atoms with van der Waals surface area (Å²) in [6.45, 7) is 0. The Morgan fingerprint density at radius 1 is 1.00 bits per heavy atom. The first-order chi connectivity index (χ1) is 9.72. The SMILES string of the molecule is Brc1ccccc1.N#Cc1cnc2ccccc2c1N. The van der Waals surface area contributed by atoms with Crippen LogP contribution in [0.15, 0.2) is 65.3 Å². The van der Waals surface area contributed by atoms with Crippen LogP contribution in [0.5, 0.6) is 0 Å². The molecule has 1 heterocycles. The fourth-order valence-electron chi connectivity index (χ4n) is 1.67. The summed E-state index contributed by atoms with van der Waals surface area (Å²) in [6, 6.07) is 19.5. The predicted molar refractivity (Wildman–Crippen MR) is 85.0 cm³/mol. The van der Waals surface area contributed by atoms with Crippen LogP contribution < -0.4 is 5.73 Å². The molecule has 0 fully saturated rings. The highest BCUT2D eigenvalue weighted by Gasteiger charge is 2.03. The first kappa shape index (κ1) is 14.0. The molecule has 98 valence electrons. The number of benzene rings is 2. The van der Waals surface area contributed by atoms with Gasteiger partial charge < -0.3 is 5.73 Å². The number of nitrogens with two attached hydrogens (primary N) is 1. The maximum Gasteiger partial charge on any atom is 0.103 e. The highest BCUT2D eigenvalue weighted by molar-refractivity contribution is 9.10. The second-order valence-electron chi connectivity index (χ2n) is 4.01. The maximum atomic E-state index is 8.71. The van der Waals surface area contributed by atoms with Crippen molar-refractivity contribution in [2.45, 2.75) is 0 Å². The van der Waals surface area contributed by atoms with Gasteiger partial charge in [-0.15, -0.1) is 0 Å². The molecule has 0 spiro atoms. The second-order valence-corrected chi connectivity index (χ2v) is 4.93. The Labute approximate surface area is 125 Å². The molecule has 0 atom stereocenters. The first-order valence-corrected chi connectivity index (χ1v) is 6.75. The lowest BCUT2D eigenvalue weighted by molar-refractivity contribution is 1.37. The third-order valence-corrected chi connectivity index (χ3v) is 3.20. The molecule has 0 aliphatic rings. The predicted octanol–water partition coefficient (Wildman–Crippen LogP) is 4.14. The van der Waals surface area contributed by atoms with E-state index in [4.69, 9.17) is 11.0 Å². The Morgan fingerprint density at radius 3 is 2.25 bits per heavy atom. The number of hydrogen-bond donors (Lipinski definition) is 1. The smallest absolute Gasteiger partial charge is 0.103 e. The summed E-state index contributed by atoms with van der Waals surface area (Å²) >= 11 is 3.31. The lowest BCUT2D eigenvalue weighted by atomic mass is 10.1. The zero-order valence-corrected chi connectivity index (χ0v) is 12.2. The molecule has 4 heteroatoms. The van der Waals surface area contributed by atoms with Crippen LogP contribution in [0.25, 0.3) is 10.9 Å². The van der Waals surface area contributed by atoms with Gasteiger partial charge in [0, 0.05) is 16.1 Å². The van der Waals surface area contributed by atoms with Gasteiger partial charge in [0.25, 0.3) is 0 Å². The normalized spacial score (nSPS) is 9.40. The van der Waals surface area contributed by atoms with Gasteiger partial charge in [-0.2, -0.15) is 5.26 Å². The van der Waals surface area contributed by atoms with E-state index in [0.717, 1.165) is 15.4 Å². The number of rotatable bonds is 0. The van der Waals surface area contributed by atoms with Crippen molar-refractivity contribution in [2.24, 2.45) is 0 Å². The molecule has 0 saturated heterocycles. The molecule has 0 unspecified atom stereocenters. The Bertz CT molecular complexity index is 749. The molecule has 2 aromatic carbocycles. The number of para-hydroxylation sites is 1. The lowest BCUT2D eigenvalue weighted by Gasteiger charge is -2.01. The largest absolute Gasteiger partial charge is 0.397 e. The lowest BCUT2D eigenvalue weighted by Crippen LogP contribution is -1.93. The minimum atomic E-state index is 0.429. The summed E-state index contributed by atoms with van der Waals surface area (Å²) in [4.78, 5) is 4.11. The number of hydrogen-bond acceptors (Lipinski definition) is 3. The van der Waals surface area contributed by atoms with Gasteiger partial charge in [0.05, 0.1) is 16.8 Å². The van der Waals surface area contributed by atoms with Gasteiger partial charge in [-0.3, -0.25) is 4.98 Å². The number of nitriles is 1. The molecule has 0 aliphatic heterocycles. The summed E-state index contributed by atoms with van der Waals surface area (Å²) in [5.74, 6) is 0. The van der Waals surface area contributed by atoms with E-state index in [2.05, 4.69) is 20.9 Å². The van der Waals surface area contributed by atoms with Gasteiger partial charge in [-0.05, 0) is 18.2 Å². The van der Waals surface area contributed by atoms with Crippen LogP contribution in [0, 0.1) is 11.3 Å². The van der Waals surface area contributed by atoms with Crippen LogP contribution in [0.2, 0.25) is 0 Å². The van der Waals surface area contributed by atoms with Gasteiger partial charge in [0.2, 0.25) is 0 Å². The standard InChI is InChI=1S/C10H7N3.C6H5Br/c11-5-7-6-13-9-4-2-1-3-8(9)10(7)12;7-6-4-2-1-3-5-6/h1-4,6H,(H2,12,13);1-5H. The van der Waals surface area contributed by atoms with Crippen LogP contribution in [-0.4, -0.2) is 4.98 Å². The van der Waals surface area contributed by atoms with Crippen molar-refractivity contribution in [3.8, 4) is 6.07 Å². The number of aromatic nitrogens is 1. The fraction of sp³-hybridized carbons (Fsp3) is 0. The third kappa shape index (κ3) is 3.34. The second kappa shape index (κ2) is 6.69. The van der Waals surface area contributed by atoms with Gasteiger partial charge >= 0.3 is 0 Å². The zero-order valence-electron chi connectivity index (χ0n) is 10.6. The fourth-order valence-corrected chi connectivity index (χ4v) is 1.97. The summed E-state index contributed by atoms with van der Waals surface area (Å²) in [6.07, 6.45) is 1.50. The van der Waals surface area contributed by atoms with E-state index < -0.39 is 0 Å². The molecule has 0 saturated carbocycles. The summed E-state index contributed by atoms with van der Waals surface area (Å²) in [5.41, 5.74) is 7.52. The molecular formula is C16H12BrN3. The quantitative estimate of drug-likeness (QED) is 0.675. The van der Waals surface area contributed by atoms with Gasteiger partial charge in [0.1, 0.15) is 6.07 Å². The summed E-state index contributed by atoms with van der Waals surface area (Å²) in [5, 5.41) is 9.54. The number of pyridine rings is 1. The number of nitrogen functional groups attached to an aromatic ring is 1. The van der Waals surface area contributed by atoms with E-state index in [-0.39, 0.29) is 0 Å². The van der Waals surface area contributed by atoms with Gasteiger partial charge in [0.15, 0.2) is 0 Å². The Morgan fingerprint density at radius 2 is 1.65 bits per heavy atom. The van der Waals surface area contributed by atoms with Crippen molar-refractivity contribution in [3.05, 3.63) is 70.8 Å². The molecule has 0 bridgehead atoms. The Hall–Kier alpha value is -2.38. The Balaban J connectivity index is 0.000000178. The molecular weight excluding hydrogens is 314 g/mol. The van der Waals surface area contributed by atoms with E-state index >= 15 is 0 Å².